The molecule has 2 aromatic rings. The lowest BCUT2D eigenvalue weighted by Gasteiger charge is -2.14. The van der Waals surface area contributed by atoms with Gasteiger partial charge in [0.15, 0.2) is 18.1 Å². The highest BCUT2D eigenvalue weighted by molar-refractivity contribution is 14.1. The molecule has 0 aromatic heterocycles. The summed E-state index contributed by atoms with van der Waals surface area (Å²) < 4.78 is 17.0. The van der Waals surface area contributed by atoms with E-state index in [0.717, 1.165) is 33.5 Å². The Hall–Kier alpha value is -2.73. The first-order valence-corrected chi connectivity index (χ1v) is 11.8. The van der Waals surface area contributed by atoms with Gasteiger partial charge >= 0.3 is 5.97 Å². The minimum absolute atomic E-state index is 0.137. The van der Waals surface area contributed by atoms with E-state index >= 15 is 0 Å². The number of carboxylic acids is 1. The van der Waals surface area contributed by atoms with Crippen molar-refractivity contribution >= 4 is 57.5 Å². The number of rotatable bonds is 9. The van der Waals surface area contributed by atoms with Crippen LogP contribution in [0.2, 0.25) is 0 Å². The quantitative estimate of drug-likeness (QED) is 0.341. The third-order valence-electron chi connectivity index (χ3n) is 4.68. The SMILES string of the molecule is COc1cc(/C=C2\SC(=O)N(CCOc3cc(C)ccc3C)C2=O)cc(I)c1OCC(=O)O. The van der Waals surface area contributed by atoms with E-state index < -0.39 is 18.5 Å². The van der Waals surface area contributed by atoms with Gasteiger partial charge in [-0.25, -0.2) is 4.79 Å². The molecular weight excluding hydrogens is 561 g/mol. The molecule has 3 rings (SSSR count). The van der Waals surface area contributed by atoms with Crippen LogP contribution >= 0.6 is 34.4 Å². The summed E-state index contributed by atoms with van der Waals surface area (Å²) in [5, 5.41) is 8.48. The largest absolute Gasteiger partial charge is 0.493 e. The lowest BCUT2D eigenvalue weighted by Crippen LogP contribution is -2.32. The Morgan fingerprint density at radius 2 is 1.91 bits per heavy atom. The fourth-order valence-corrected chi connectivity index (χ4v) is 4.70. The average Bonchev–Trinajstić information content (AvgIpc) is 3.02. The number of hydrogen-bond acceptors (Lipinski definition) is 7. The van der Waals surface area contributed by atoms with Gasteiger partial charge in [-0.2, -0.15) is 0 Å². The standard InChI is InChI=1S/C23H22INO7S/c1-13-4-5-14(2)17(8-13)31-7-6-25-22(28)19(33-23(25)29)11-15-9-16(24)21(18(10-15)30-3)32-12-20(26)27/h4-5,8-11H,6-7,12H2,1-3H3,(H,26,27)/b19-11-. The minimum atomic E-state index is -1.10. The van der Waals surface area contributed by atoms with Gasteiger partial charge in [-0.3, -0.25) is 14.5 Å². The van der Waals surface area contributed by atoms with Gasteiger partial charge in [0.25, 0.3) is 11.1 Å². The molecule has 0 saturated carbocycles. The van der Waals surface area contributed by atoms with Gasteiger partial charge in [-0.05, 0) is 89.2 Å². The van der Waals surface area contributed by atoms with E-state index in [9.17, 15) is 14.4 Å². The molecule has 33 heavy (non-hydrogen) atoms. The molecule has 2 amide bonds. The maximum Gasteiger partial charge on any atom is 0.341 e. The lowest BCUT2D eigenvalue weighted by atomic mass is 10.1. The van der Waals surface area contributed by atoms with E-state index in [1.807, 2.05) is 54.6 Å². The lowest BCUT2D eigenvalue weighted by molar-refractivity contribution is -0.139. The van der Waals surface area contributed by atoms with Crippen LogP contribution < -0.4 is 14.2 Å². The fourth-order valence-electron chi connectivity index (χ4n) is 3.05. The van der Waals surface area contributed by atoms with Crippen LogP contribution in [0.1, 0.15) is 16.7 Å². The second kappa shape index (κ2) is 10.9. The van der Waals surface area contributed by atoms with E-state index in [0.29, 0.717) is 20.6 Å². The molecule has 8 nitrogen and oxygen atoms in total. The Balaban J connectivity index is 1.71. The highest BCUT2D eigenvalue weighted by atomic mass is 127. The molecule has 174 valence electrons. The van der Waals surface area contributed by atoms with Crippen LogP contribution in [0.25, 0.3) is 6.08 Å². The zero-order valence-electron chi connectivity index (χ0n) is 18.2. The predicted molar refractivity (Wildman–Crippen MR) is 133 cm³/mol. The number of aliphatic carboxylic acids is 1. The zero-order valence-corrected chi connectivity index (χ0v) is 21.2. The second-order valence-electron chi connectivity index (χ2n) is 7.17. The van der Waals surface area contributed by atoms with Crippen LogP contribution in [0.15, 0.2) is 35.2 Å². The van der Waals surface area contributed by atoms with Gasteiger partial charge in [0, 0.05) is 0 Å². The Morgan fingerprint density at radius 3 is 2.61 bits per heavy atom. The first-order valence-electron chi connectivity index (χ1n) is 9.87. The molecule has 0 radical (unpaired) electrons. The number of carbonyl (C=O) groups is 3. The number of aryl methyl sites for hydroxylation is 2. The predicted octanol–water partition coefficient (Wildman–Crippen LogP) is 4.50. The summed E-state index contributed by atoms with van der Waals surface area (Å²) in [6.07, 6.45) is 1.60. The molecule has 0 aliphatic carbocycles. The van der Waals surface area contributed by atoms with Gasteiger partial charge < -0.3 is 19.3 Å². The molecule has 0 bridgehead atoms. The molecule has 2 aromatic carbocycles. The summed E-state index contributed by atoms with van der Waals surface area (Å²) in [5.74, 6) is -0.142. The first kappa shape index (κ1) is 24.9. The van der Waals surface area contributed by atoms with Crippen LogP contribution in [0, 0.1) is 17.4 Å². The van der Waals surface area contributed by atoms with Crippen molar-refractivity contribution in [1.29, 1.82) is 0 Å². The van der Waals surface area contributed by atoms with Crippen molar-refractivity contribution in [3.8, 4) is 17.2 Å². The summed E-state index contributed by atoms with van der Waals surface area (Å²) in [6.45, 7) is 3.73. The highest BCUT2D eigenvalue weighted by Gasteiger charge is 2.35. The number of carbonyl (C=O) groups excluding carboxylic acids is 2. The summed E-state index contributed by atoms with van der Waals surface area (Å²) in [5.41, 5.74) is 2.67. The van der Waals surface area contributed by atoms with Crippen LogP contribution in [-0.4, -0.2) is 54.0 Å². The van der Waals surface area contributed by atoms with Crippen molar-refractivity contribution in [2.24, 2.45) is 0 Å². The van der Waals surface area contributed by atoms with Crippen LogP contribution in [0.3, 0.4) is 0 Å². The summed E-state index contributed by atoms with van der Waals surface area (Å²) in [7, 11) is 1.44. The molecule has 10 heteroatoms. The number of imide groups is 1. The third kappa shape index (κ3) is 6.20. The molecule has 0 unspecified atom stereocenters. The average molecular weight is 583 g/mol. The third-order valence-corrected chi connectivity index (χ3v) is 6.39. The topological polar surface area (TPSA) is 102 Å². The number of halogens is 1. The molecule has 1 N–H and O–H groups in total. The van der Waals surface area contributed by atoms with Crippen LogP contribution in [0.5, 0.6) is 17.2 Å². The maximum absolute atomic E-state index is 12.8. The van der Waals surface area contributed by atoms with E-state index in [4.69, 9.17) is 19.3 Å². The molecule has 0 spiro atoms. The molecule has 1 aliphatic heterocycles. The Bertz CT molecular complexity index is 1130. The summed E-state index contributed by atoms with van der Waals surface area (Å²) in [4.78, 5) is 37.5. The van der Waals surface area contributed by atoms with Crippen molar-refractivity contribution in [3.63, 3.8) is 0 Å². The van der Waals surface area contributed by atoms with E-state index in [2.05, 4.69) is 0 Å². The van der Waals surface area contributed by atoms with Gasteiger partial charge in [0.2, 0.25) is 0 Å². The number of nitrogens with zero attached hydrogens (tertiary/aromatic N) is 1. The normalized spacial score (nSPS) is 14.7. The summed E-state index contributed by atoms with van der Waals surface area (Å²) >= 11 is 2.85. The van der Waals surface area contributed by atoms with Crippen molar-refractivity contribution in [3.05, 3.63) is 55.5 Å². The number of ether oxygens (including phenoxy) is 3. The number of amides is 2. The summed E-state index contributed by atoms with van der Waals surface area (Å²) in [6, 6.07) is 9.21. The van der Waals surface area contributed by atoms with Gasteiger partial charge in [-0.1, -0.05) is 12.1 Å². The smallest absolute Gasteiger partial charge is 0.341 e. The molecule has 1 heterocycles. The fraction of sp³-hybridized carbons (Fsp3) is 0.261. The minimum Gasteiger partial charge on any atom is -0.493 e. The monoisotopic (exact) mass is 583 g/mol. The van der Waals surface area contributed by atoms with E-state index in [1.165, 1.54) is 7.11 Å². The van der Waals surface area contributed by atoms with Crippen molar-refractivity contribution < 1.29 is 33.7 Å². The maximum atomic E-state index is 12.8. The highest BCUT2D eigenvalue weighted by Crippen LogP contribution is 2.37. The van der Waals surface area contributed by atoms with Crippen molar-refractivity contribution in [1.82, 2.24) is 4.90 Å². The zero-order chi connectivity index (χ0) is 24.1. The van der Waals surface area contributed by atoms with Gasteiger partial charge in [0.1, 0.15) is 12.4 Å². The number of carboxylic acid groups (broad SMARTS) is 1. The van der Waals surface area contributed by atoms with Gasteiger partial charge in [0.05, 0.1) is 22.1 Å². The van der Waals surface area contributed by atoms with Crippen LogP contribution in [-0.2, 0) is 9.59 Å². The Kier molecular flexibility index (Phi) is 8.25. The van der Waals surface area contributed by atoms with Crippen molar-refractivity contribution in [2.75, 3.05) is 26.9 Å². The number of thioether (sulfide) groups is 1. The molecule has 1 aliphatic rings. The van der Waals surface area contributed by atoms with Crippen LogP contribution in [0.4, 0.5) is 4.79 Å². The molecular formula is C23H22INO7S. The Morgan fingerprint density at radius 1 is 1.15 bits per heavy atom. The number of hydrogen-bond donors (Lipinski definition) is 1. The van der Waals surface area contributed by atoms with E-state index in [-0.39, 0.29) is 23.3 Å². The van der Waals surface area contributed by atoms with Gasteiger partial charge in [-0.15, -0.1) is 0 Å². The number of benzene rings is 2. The molecule has 0 atom stereocenters. The second-order valence-corrected chi connectivity index (χ2v) is 9.32. The molecule has 1 fully saturated rings. The van der Waals surface area contributed by atoms with E-state index in [1.54, 1.807) is 18.2 Å². The first-order chi connectivity index (χ1) is 15.7. The molecule has 1 saturated heterocycles. The van der Waals surface area contributed by atoms with Crippen molar-refractivity contribution in [2.45, 2.75) is 13.8 Å². The Labute approximate surface area is 209 Å². The number of methoxy groups -OCH3 is 1.